The van der Waals surface area contributed by atoms with Crippen LogP contribution in [0.4, 0.5) is 15.9 Å². The molecule has 2 aromatic heterocycles. The molecule has 1 aromatic carbocycles. The Morgan fingerprint density at radius 2 is 1.83 bits per heavy atom. The Kier molecular flexibility index (Phi) is 7.56. The zero-order valence-electron chi connectivity index (χ0n) is 21.1. The number of ether oxygens (including phenoxy) is 1. The number of aromatic carboxylic acids is 1. The lowest BCUT2D eigenvalue weighted by Crippen LogP contribution is -2.37. The van der Waals surface area contributed by atoms with E-state index in [1.54, 1.807) is 0 Å². The average Bonchev–Trinajstić information content (AvgIpc) is 2.87. The molecule has 10 heteroatoms. The summed E-state index contributed by atoms with van der Waals surface area (Å²) in [5.41, 5.74) is 2.79. The maximum Gasteiger partial charge on any atom is 0.354 e. The Hall–Kier alpha value is -3.50. The van der Waals surface area contributed by atoms with Crippen molar-refractivity contribution in [2.75, 3.05) is 70.3 Å². The van der Waals surface area contributed by atoms with Crippen molar-refractivity contribution < 1.29 is 24.1 Å². The predicted molar refractivity (Wildman–Crippen MR) is 138 cm³/mol. The number of hydrogen-bond donors (Lipinski definition) is 2. The number of morpholine rings is 1. The van der Waals surface area contributed by atoms with Crippen molar-refractivity contribution in [2.45, 2.75) is 13.3 Å². The van der Waals surface area contributed by atoms with Gasteiger partial charge in [0.15, 0.2) is 5.69 Å². The van der Waals surface area contributed by atoms with Crippen LogP contribution in [0.25, 0.3) is 22.2 Å². The highest BCUT2D eigenvalue weighted by Crippen LogP contribution is 2.42. The van der Waals surface area contributed by atoms with Gasteiger partial charge in [0.1, 0.15) is 28.4 Å². The van der Waals surface area contributed by atoms with Gasteiger partial charge in [-0.3, -0.25) is 0 Å². The van der Waals surface area contributed by atoms with E-state index in [0.29, 0.717) is 67.4 Å². The normalized spacial score (nSPS) is 14.0. The molecule has 36 heavy (non-hydrogen) atoms. The standard InChI is InChI=1S/C26H32FN5O4/c1-5-17-22(18-14-16(27)6-7-21(18)33)24-23(29-25(17)32-10-12-36-13-11-32)20(15-19(28-24)26(34)35)31(4)9-8-30(2)3/h6-7,14-15,33H,5,8-13H2,1-4H3,(H,34,35). The minimum atomic E-state index is -1.18. The Labute approximate surface area is 209 Å². The van der Waals surface area contributed by atoms with E-state index >= 15 is 0 Å². The molecule has 3 heterocycles. The summed E-state index contributed by atoms with van der Waals surface area (Å²) >= 11 is 0. The number of aromatic hydroxyl groups is 1. The fourth-order valence-electron chi connectivity index (χ4n) is 4.48. The van der Waals surface area contributed by atoms with Crippen LogP contribution in [0, 0.1) is 5.82 Å². The average molecular weight is 498 g/mol. The van der Waals surface area contributed by atoms with Crippen LogP contribution in [-0.4, -0.2) is 91.6 Å². The minimum Gasteiger partial charge on any atom is -0.507 e. The number of rotatable bonds is 8. The molecule has 192 valence electrons. The molecule has 2 N–H and O–H groups in total. The summed E-state index contributed by atoms with van der Waals surface area (Å²) in [6.45, 7) is 5.68. The van der Waals surface area contributed by atoms with Gasteiger partial charge in [0, 0.05) is 49.9 Å². The van der Waals surface area contributed by atoms with E-state index < -0.39 is 11.8 Å². The molecule has 0 atom stereocenters. The highest BCUT2D eigenvalue weighted by molar-refractivity contribution is 6.04. The third kappa shape index (κ3) is 5.05. The number of nitrogens with zero attached hydrogens (tertiary/aromatic N) is 5. The summed E-state index contributed by atoms with van der Waals surface area (Å²) in [6, 6.07) is 5.28. The number of benzene rings is 1. The molecule has 3 aromatic rings. The van der Waals surface area contributed by atoms with Gasteiger partial charge in [-0.2, -0.15) is 0 Å². The van der Waals surface area contributed by atoms with Crippen molar-refractivity contribution in [3.05, 3.63) is 41.3 Å². The smallest absolute Gasteiger partial charge is 0.354 e. The first-order valence-corrected chi connectivity index (χ1v) is 12.0. The molecule has 0 saturated carbocycles. The third-order valence-corrected chi connectivity index (χ3v) is 6.40. The van der Waals surface area contributed by atoms with Crippen LogP contribution in [0.3, 0.4) is 0 Å². The Balaban J connectivity index is 2.10. The van der Waals surface area contributed by atoms with E-state index in [4.69, 9.17) is 9.72 Å². The summed E-state index contributed by atoms with van der Waals surface area (Å²) in [6.07, 6.45) is 0.520. The van der Waals surface area contributed by atoms with Gasteiger partial charge in [0.05, 0.1) is 18.9 Å². The molecule has 0 unspecified atom stereocenters. The lowest BCUT2D eigenvalue weighted by Gasteiger charge is -2.31. The monoisotopic (exact) mass is 497 g/mol. The number of pyridine rings is 2. The number of anilines is 2. The van der Waals surface area contributed by atoms with Crippen molar-refractivity contribution in [2.24, 2.45) is 0 Å². The van der Waals surface area contributed by atoms with E-state index in [2.05, 4.69) is 9.88 Å². The summed E-state index contributed by atoms with van der Waals surface area (Å²) < 4.78 is 20.0. The second-order valence-corrected chi connectivity index (χ2v) is 9.16. The largest absolute Gasteiger partial charge is 0.507 e. The van der Waals surface area contributed by atoms with Crippen LogP contribution in [0.5, 0.6) is 5.75 Å². The predicted octanol–water partition coefficient (Wildman–Crippen LogP) is 3.24. The Morgan fingerprint density at radius 1 is 1.11 bits per heavy atom. The number of carboxylic acids is 1. The number of aromatic nitrogens is 2. The molecule has 0 spiro atoms. The lowest BCUT2D eigenvalue weighted by atomic mass is 9.94. The van der Waals surface area contributed by atoms with Crippen LogP contribution in [0.15, 0.2) is 24.3 Å². The van der Waals surface area contributed by atoms with Crippen LogP contribution in [0.1, 0.15) is 23.0 Å². The van der Waals surface area contributed by atoms with Gasteiger partial charge in [-0.25, -0.2) is 19.2 Å². The number of phenols is 1. The van der Waals surface area contributed by atoms with Crippen molar-refractivity contribution >= 4 is 28.5 Å². The van der Waals surface area contributed by atoms with Crippen LogP contribution in [0.2, 0.25) is 0 Å². The SMILES string of the molecule is CCc1c(N2CCOCC2)nc2c(N(C)CCN(C)C)cc(C(=O)O)nc2c1-c1cc(F)ccc1O. The maximum absolute atomic E-state index is 14.4. The van der Waals surface area contributed by atoms with Gasteiger partial charge in [0.2, 0.25) is 0 Å². The number of halogens is 1. The molecule has 1 aliphatic heterocycles. The van der Waals surface area contributed by atoms with Crippen molar-refractivity contribution in [1.29, 1.82) is 0 Å². The van der Waals surface area contributed by atoms with Crippen molar-refractivity contribution in [3.8, 4) is 16.9 Å². The molecule has 1 aliphatic rings. The molecular weight excluding hydrogens is 465 g/mol. The first kappa shape index (κ1) is 25.6. The quantitative estimate of drug-likeness (QED) is 0.486. The summed E-state index contributed by atoms with van der Waals surface area (Å²) in [5, 5.41) is 20.7. The molecule has 0 aliphatic carbocycles. The van der Waals surface area contributed by atoms with Crippen molar-refractivity contribution in [1.82, 2.24) is 14.9 Å². The molecule has 1 saturated heterocycles. The number of carboxylic acid groups (broad SMARTS) is 1. The summed E-state index contributed by atoms with van der Waals surface area (Å²) in [5.74, 6) is -1.10. The summed E-state index contributed by atoms with van der Waals surface area (Å²) in [4.78, 5) is 27.7. The van der Waals surface area contributed by atoms with E-state index in [1.807, 2.05) is 37.9 Å². The highest BCUT2D eigenvalue weighted by atomic mass is 19.1. The van der Waals surface area contributed by atoms with Gasteiger partial charge in [0.25, 0.3) is 0 Å². The second kappa shape index (κ2) is 10.6. The zero-order valence-corrected chi connectivity index (χ0v) is 21.1. The number of likely N-dealkylation sites (N-methyl/N-ethyl adjacent to an activating group) is 2. The number of carbonyl (C=O) groups is 1. The molecular formula is C26H32FN5O4. The molecule has 4 rings (SSSR count). The first-order chi connectivity index (χ1) is 17.2. The lowest BCUT2D eigenvalue weighted by molar-refractivity contribution is 0.0691. The van der Waals surface area contributed by atoms with E-state index in [1.165, 1.54) is 24.3 Å². The number of fused-ring (bicyclic) bond motifs is 1. The van der Waals surface area contributed by atoms with Crippen molar-refractivity contribution in [3.63, 3.8) is 0 Å². The highest BCUT2D eigenvalue weighted by Gasteiger charge is 2.27. The Morgan fingerprint density at radius 3 is 2.47 bits per heavy atom. The fraction of sp³-hybridized carbons (Fsp3) is 0.423. The van der Waals surface area contributed by atoms with Gasteiger partial charge in [-0.05, 0) is 44.8 Å². The van der Waals surface area contributed by atoms with Gasteiger partial charge in [-0.15, -0.1) is 0 Å². The molecule has 0 radical (unpaired) electrons. The molecule has 0 bridgehead atoms. The fourth-order valence-corrected chi connectivity index (χ4v) is 4.48. The second-order valence-electron chi connectivity index (χ2n) is 9.16. The van der Waals surface area contributed by atoms with Crippen LogP contribution < -0.4 is 9.80 Å². The van der Waals surface area contributed by atoms with Gasteiger partial charge >= 0.3 is 5.97 Å². The Bertz CT molecular complexity index is 1280. The van der Waals surface area contributed by atoms with Crippen LogP contribution in [-0.2, 0) is 11.2 Å². The van der Waals surface area contributed by atoms with Gasteiger partial charge < -0.3 is 29.6 Å². The topological polar surface area (TPSA) is 102 Å². The molecule has 1 fully saturated rings. The summed E-state index contributed by atoms with van der Waals surface area (Å²) in [7, 11) is 5.82. The molecule has 9 nitrogen and oxygen atoms in total. The molecule has 0 amide bonds. The van der Waals surface area contributed by atoms with Gasteiger partial charge in [-0.1, -0.05) is 6.92 Å². The number of hydrogen-bond acceptors (Lipinski definition) is 8. The number of phenolic OH excluding ortho intramolecular Hbond substituents is 1. The van der Waals surface area contributed by atoms with E-state index in [-0.39, 0.29) is 17.0 Å². The third-order valence-electron chi connectivity index (χ3n) is 6.40. The minimum absolute atomic E-state index is 0.114. The van der Waals surface area contributed by atoms with E-state index in [0.717, 1.165) is 12.1 Å². The zero-order chi connectivity index (χ0) is 26.0. The first-order valence-electron chi connectivity index (χ1n) is 12.0. The van der Waals surface area contributed by atoms with E-state index in [9.17, 15) is 19.4 Å². The van der Waals surface area contributed by atoms with Crippen LogP contribution >= 0.6 is 0 Å². The maximum atomic E-state index is 14.4.